The maximum absolute atomic E-state index is 13.0. The third kappa shape index (κ3) is 3.20. The van der Waals surface area contributed by atoms with E-state index in [9.17, 15) is 4.39 Å². The molecule has 0 amide bonds. The summed E-state index contributed by atoms with van der Waals surface area (Å²) in [5.41, 5.74) is 0.842. The number of benzene rings is 1. The second kappa shape index (κ2) is 5.82. The van der Waals surface area contributed by atoms with Crippen LogP contribution in [-0.4, -0.2) is 23.1 Å². The number of aryl methyl sites for hydroxylation is 1. The van der Waals surface area contributed by atoms with Crippen LogP contribution in [0.3, 0.4) is 0 Å². The maximum atomic E-state index is 13.0. The van der Waals surface area contributed by atoms with Crippen molar-refractivity contribution < 1.29 is 8.81 Å². The molecule has 18 heavy (non-hydrogen) atoms. The SMILES string of the molecule is CN(Cc1cccc(F)c1)c1nnc(CCCl)o1. The Hall–Kier alpha value is -1.62. The second-order valence-corrected chi connectivity index (χ2v) is 4.28. The molecule has 0 aliphatic carbocycles. The summed E-state index contributed by atoms with van der Waals surface area (Å²) in [6, 6.07) is 6.81. The molecule has 0 unspecified atom stereocenters. The molecule has 1 aromatic carbocycles. The van der Waals surface area contributed by atoms with Crippen LogP contribution in [0.1, 0.15) is 11.5 Å². The summed E-state index contributed by atoms with van der Waals surface area (Å²) < 4.78 is 18.5. The molecule has 6 heteroatoms. The lowest BCUT2D eigenvalue weighted by atomic mass is 10.2. The predicted molar refractivity (Wildman–Crippen MR) is 67.2 cm³/mol. The average molecular weight is 270 g/mol. The molecule has 0 aliphatic rings. The summed E-state index contributed by atoms with van der Waals surface area (Å²) in [5, 5.41) is 7.78. The average Bonchev–Trinajstić information content (AvgIpc) is 2.78. The summed E-state index contributed by atoms with van der Waals surface area (Å²) in [6.07, 6.45) is 0.544. The molecule has 0 atom stereocenters. The van der Waals surface area contributed by atoms with E-state index in [1.165, 1.54) is 12.1 Å². The highest BCUT2D eigenvalue weighted by atomic mass is 35.5. The fourth-order valence-electron chi connectivity index (χ4n) is 1.56. The molecule has 0 aliphatic heterocycles. The predicted octanol–water partition coefficient (Wildman–Crippen LogP) is 2.63. The highest BCUT2D eigenvalue weighted by Crippen LogP contribution is 2.14. The minimum Gasteiger partial charge on any atom is -0.408 e. The van der Waals surface area contributed by atoms with E-state index < -0.39 is 0 Å². The molecular formula is C12H13ClFN3O. The first-order chi connectivity index (χ1) is 8.69. The van der Waals surface area contributed by atoms with Crippen LogP contribution in [0, 0.1) is 5.82 Å². The molecule has 2 rings (SSSR count). The van der Waals surface area contributed by atoms with E-state index in [4.69, 9.17) is 16.0 Å². The molecule has 0 spiro atoms. The number of hydrogen-bond donors (Lipinski definition) is 0. The first-order valence-corrected chi connectivity index (χ1v) is 6.06. The molecule has 2 aromatic rings. The van der Waals surface area contributed by atoms with Gasteiger partial charge in [-0.15, -0.1) is 16.7 Å². The third-order valence-corrected chi connectivity index (χ3v) is 2.59. The van der Waals surface area contributed by atoms with Crippen LogP contribution in [0.15, 0.2) is 28.7 Å². The fraction of sp³-hybridized carbons (Fsp3) is 0.333. The quantitative estimate of drug-likeness (QED) is 0.783. The highest BCUT2D eigenvalue weighted by Gasteiger charge is 2.11. The number of nitrogens with zero attached hydrogens (tertiary/aromatic N) is 3. The third-order valence-electron chi connectivity index (χ3n) is 2.40. The van der Waals surface area contributed by atoms with Gasteiger partial charge in [-0.3, -0.25) is 0 Å². The van der Waals surface area contributed by atoms with E-state index in [-0.39, 0.29) is 5.82 Å². The van der Waals surface area contributed by atoms with E-state index in [0.29, 0.717) is 30.8 Å². The van der Waals surface area contributed by atoms with E-state index >= 15 is 0 Å². The van der Waals surface area contributed by atoms with Gasteiger partial charge >= 0.3 is 6.01 Å². The highest BCUT2D eigenvalue weighted by molar-refractivity contribution is 6.17. The Bertz CT molecular complexity index is 518. The van der Waals surface area contributed by atoms with Crippen molar-refractivity contribution in [3.63, 3.8) is 0 Å². The second-order valence-electron chi connectivity index (χ2n) is 3.90. The van der Waals surface area contributed by atoms with Crippen molar-refractivity contribution in [2.45, 2.75) is 13.0 Å². The van der Waals surface area contributed by atoms with Gasteiger partial charge < -0.3 is 9.32 Å². The Morgan fingerprint density at radius 2 is 2.22 bits per heavy atom. The number of anilines is 1. The first kappa shape index (κ1) is 12.8. The van der Waals surface area contributed by atoms with Gasteiger partial charge in [0.25, 0.3) is 0 Å². The van der Waals surface area contributed by atoms with Crippen molar-refractivity contribution in [2.24, 2.45) is 0 Å². The van der Waals surface area contributed by atoms with Crippen molar-refractivity contribution in [3.05, 3.63) is 41.5 Å². The van der Waals surface area contributed by atoms with Crippen LogP contribution < -0.4 is 4.90 Å². The van der Waals surface area contributed by atoms with Gasteiger partial charge in [-0.25, -0.2) is 4.39 Å². The zero-order valence-corrected chi connectivity index (χ0v) is 10.7. The Kier molecular flexibility index (Phi) is 4.15. The van der Waals surface area contributed by atoms with Gasteiger partial charge in [0.15, 0.2) is 0 Å². The van der Waals surface area contributed by atoms with Crippen molar-refractivity contribution in [1.82, 2.24) is 10.2 Å². The van der Waals surface area contributed by atoms with Gasteiger partial charge in [0.05, 0.1) is 0 Å². The Labute approximate surface area is 109 Å². The molecule has 1 heterocycles. The van der Waals surface area contributed by atoms with Crippen LogP contribution in [0.25, 0.3) is 0 Å². The molecule has 4 nitrogen and oxygen atoms in total. The zero-order valence-electron chi connectivity index (χ0n) is 9.94. The summed E-state index contributed by atoms with van der Waals surface area (Å²) in [7, 11) is 1.81. The Morgan fingerprint density at radius 1 is 1.39 bits per heavy atom. The van der Waals surface area contributed by atoms with Gasteiger partial charge in [-0.2, -0.15) is 0 Å². The van der Waals surface area contributed by atoms with E-state index in [0.717, 1.165) is 5.56 Å². The minimum absolute atomic E-state index is 0.255. The molecule has 0 N–H and O–H groups in total. The van der Waals surface area contributed by atoms with Crippen molar-refractivity contribution in [3.8, 4) is 0 Å². The van der Waals surface area contributed by atoms with E-state index in [2.05, 4.69) is 10.2 Å². The molecule has 1 aromatic heterocycles. The van der Waals surface area contributed by atoms with Crippen molar-refractivity contribution in [2.75, 3.05) is 17.8 Å². The lowest BCUT2D eigenvalue weighted by Crippen LogP contribution is -2.16. The van der Waals surface area contributed by atoms with Crippen LogP contribution in [0.5, 0.6) is 0 Å². The molecule has 0 radical (unpaired) electrons. The number of rotatable bonds is 5. The largest absolute Gasteiger partial charge is 0.408 e. The van der Waals surface area contributed by atoms with Gasteiger partial charge in [0.1, 0.15) is 5.82 Å². The number of hydrogen-bond acceptors (Lipinski definition) is 4. The van der Waals surface area contributed by atoms with Crippen LogP contribution in [0.4, 0.5) is 10.4 Å². The minimum atomic E-state index is -0.255. The smallest absolute Gasteiger partial charge is 0.318 e. The van der Waals surface area contributed by atoms with Gasteiger partial charge in [-0.05, 0) is 17.7 Å². The molecule has 0 saturated heterocycles. The standard InChI is InChI=1S/C12H13ClFN3O/c1-17(8-9-3-2-4-10(14)7-9)12-16-15-11(18-12)5-6-13/h2-4,7H,5-6,8H2,1H3. The number of alkyl halides is 1. The molecule has 0 fully saturated rings. The van der Waals surface area contributed by atoms with E-state index in [1.54, 1.807) is 11.0 Å². The zero-order chi connectivity index (χ0) is 13.0. The summed E-state index contributed by atoms with van der Waals surface area (Å²) >= 11 is 5.59. The topological polar surface area (TPSA) is 42.2 Å². The molecule has 0 bridgehead atoms. The van der Waals surface area contributed by atoms with Gasteiger partial charge in [-0.1, -0.05) is 17.2 Å². The molecular weight excluding hydrogens is 257 g/mol. The number of aromatic nitrogens is 2. The van der Waals surface area contributed by atoms with Crippen LogP contribution in [0.2, 0.25) is 0 Å². The van der Waals surface area contributed by atoms with E-state index in [1.807, 2.05) is 13.1 Å². The van der Waals surface area contributed by atoms with Gasteiger partial charge in [0.2, 0.25) is 5.89 Å². The Morgan fingerprint density at radius 3 is 2.94 bits per heavy atom. The Balaban J connectivity index is 2.04. The molecule has 0 saturated carbocycles. The maximum Gasteiger partial charge on any atom is 0.318 e. The fourth-order valence-corrected chi connectivity index (χ4v) is 1.72. The summed E-state index contributed by atoms with van der Waals surface area (Å²) in [4.78, 5) is 1.76. The first-order valence-electron chi connectivity index (χ1n) is 5.53. The van der Waals surface area contributed by atoms with Crippen LogP contribution >= 0.6 is 11.6 Å². The lowest BCUT2D eigenvalue weighted by Gasteiger charge is -2.13. The summed E-state index contributed by atoms with van der Waals surface area (Å²) in [6.45, 7) is 0.500. The lowest BCUT2D eigenvalue weighted by molar-refractivity contribution is 0.495. The van der Waals surface area contributed by atoms with Crippen molar-refractivity contribution >= 4 is 17.6 Å². The van der Waals surface area contributed by atoms with Crippen molar-refractivity contribution in [1.29, 1.82) is 0 Å². The number of halogens is 2. The molecule has 96 valence electrons. The van der Waals surface area contributed by atoms with Gasteiger partial charge in [0, 0.05) is 25.9 Å². The normalized spacial score (nSPS) is 10.6. The van der Waals surface area contributed by atoms with Crippen LogP contribution in [-0.2, 0) is 13.0 Å². The summed E-state index contributed by atoms with van der Waals surface area (Å²) in [5.74, 6) is 0.690. The monoisotopic (exact) mass is 269 g/mol.